The molecule has 5 rings (SSSR count). The van der Waals surface area contributed by atoms with Crippen LogP contribution >= 0.6 is 0 Å². The van der Waals surface area contributed by atoms with Crippen molar-refractivity contribution in [2.45, 2.75) is 18.9 Å². The second kappa shape index (κ2) is 7.44. The molecule has 0 unspecified atom stereocenters. The molecule has 0 saturated carbocycles. The summed E-state index contributed by atoms with van der Waals surface area (Å²) in [5.41, 5.74) is 5.35. The first-order chi connectivity index (χ1) is 13.9. The number of hydrogen-bond acceptors (Lipinski definition) is 4. The van der Waals surface area contributed by atoms with E-state index < -0.39 is 0 Å². The second-order valence-corrected chi connectivity index (χ2v) is 7.13. The van der Waals surface area contributed by atoms with Crippen molar-refractivity contribution in [1.82, 2.24) is 14.8 Å². The van der Waals surface area contributed by atoms with Gasteiger partial charge in [0.15, 0.2) is 0 Å². The molecule has 0 radical (unpaired) electrons. The van der Waals surface area contributed by atoms with E-state index >= 15 is 0 Å². The number of benzene rings is 2. The van der Waals surface area contributed by atoms with Gasteiger partial charge >= 0.3 is 0 Å². The van der Waals surface area contributed by atoms with Crippen LogP contribution in [0.15, 0.2) is 73.2 Å². The van der Waals surface area contributed by atoms with Crippen LogP contribution in [0, 0.1) is 0 Å². The van der Waals surface area contributed by atoms with Crippen LogP contribution in [0.25, 0.3) is 22.0 Å². The van der Waals surface area contributed by atoms with Crippen LogP contribution < -0.4 is 5.32 Å². The molecule has 0 atom stereocenters. The molecule has 140 valence electrons. The molecular weight excluding hydrogens is 348 g/mol. The minimum atomic E-state index is 0.433. The SMILES string of the molecule is c1ccc(Nc2ccnc3cc(-c4cnn(C5CCOCC5)c4)ccc23)cc1. The summed E-state index contributed by atoms with van der Waals surface area (Å²) < 4.78 is 7.55. The molecule has 28 heavy (non-hydrogen) atoms. The van der Waals surface area contributed by atoms with E-state index in [-0.39, 0.29) is 0 Å². The zero-order chi connectivity index (χ0) is 18.8. The fraction of sp³-hybridized carbons (Fsp3) is 0.217. The lowest BCUT2D eigenvalue weighted by molar-refractivity contribution is 0.0662. The Hall–Kier alpha value is -3.18. The van der Waals surface area contributed by atoms with Crippen LogP contribution in [-0.4, -0.2) is 28.0 Å². The summed E-state index contributed by atoms with van der Waals surface area (Å²) >= 11 is 0. The molecule has 2 aromatic carbocycles. The van der Waals surface area contributed by atoms with Crippen LogP contribution in [0.3, 0.4) is 0 Å². The summed E-state index contributed by atoms with van der Waals surface area (Å²) in [4.78, 5) is 4.58. The summed E-state index contributed by atoms with van der Waals surface area (Å²) in [6.07, 6.45) is 7.98. The van der Waals surface area contributed by atoms with Crippen molar-refractivity contribution in [2.24, 2.45) is 0 Å². The van der Waals surface area contributed by atoms with Gasteiger partial charge in [0, 0.05) is 47.9 Å². The van der Waals surface area contributed by atoms with Gasteiger partial charge in [-0.2, -0.15) is 5.10 Å². The Labute approximate surface area is 164 Å². The number of rotatable bonds is 4. The zero-order valence-corrected chi connectivity index (χ0v) is 15.6. The predicted octanol–water partition coefficient (Wildman–Crippen LogP) is 5.19. The number of nitrogens with zero attached hydrogens (tertiary/aromatic N) is 3. The first-order valence-electron chi connectivity index (χ1n) is 9.70. The van der Waals surface area contributed by atoms with Gasteiger partial charge < -0.3 is 10.1 Å². The van der Waals surface area contributed by atoms with Gasteiger partial charge in [0.05, 0.1) is 17.8 Å². The number of pyridine rings is 1. The number of anilines is 2. The molecule has 0 bridgehead atoms. The molecule has 1 N–H and O–H groups in total. The molecule has 5 nitrogen and oxygen atoms in total. The highest BCUT2D eigenvalue weighted by Gasteiger charge is 2.17. The molecule has 2 aromatic heterocycles. The third kappa shape index (κ3) is 3.37. The normalized spacial score (nSPS) is 15.0. The van der Waals surface area contributed by atoms with Crippen LogP contribution in [0.1, 0.15) is 18.9 Å². The summed E-state index contributed by atoms with van der Waals surface area (Å²) in [6.45, 7) is 1.63. The zero-order valence-electron chi connectivity index (χ0n) is 15.6. The fourth-order valence-corrected chi connectivity index (χ4v) is 3.75. The van der Waals surface area contributed by atoms with E-state index in [0.717, 1.165) is 59.5 Å². The second-order valence-electron chi connectivity index (χ2n) is 7.13. The van der Waals surface area contributed by atoms with E-state index in [2.05, 4.69) is 56.6 Å². The number of fused-ring (bicyclic) bond motifs is 1. The van der Waals surface area contributed by atoms with E-state index in [1.165, 1.54) is 0 Å². The molecule has 0 amide bonds. The third-order valence-corrected chi connectivity index (χ3v) is 5.30. The summed E-state index contributed by atoms with van der Waals surface area (Å²) in [5.74, 6) is 0. The number of ether oxygens (including phenoxy) is 1. The molecule has 0 aliphatic carbocycles. The van der Waals surface area contributed by atoms with Gasteiger partial charge in [-0.1, -0.05) is 30.3 Å². The highest BCUT2D eigenvalue weighted by molar-refractivity contribution is 5.95. The van der Waals surface area contributed by atoms with Gasteiger partial charge in [0.25, 0.3) is 0 Å². The lowest BCUT2D eigenvalue weighted by atomic mass is 10.1. The Balaban J connectivity index is 1.45. The van der Waals surface area contributed by atoms with Crippen molar-refractivity contribution in [2.75, 3.05) is 18.5 Å². The first-order valence-corrected chi connectivity index (χ1v) is 9.70. The largest absolute Gasteiger partial charge is 0.381 e. The molecule has 1 fully saturated rings. The smallest absolute Gasteiger partial charge is 0.0729 e. The maximum Gasteiger partial charge on any atom is 0.0729 e. The third-order valence-electron chi connectivity index (χ3n) is 5.30. The number of hydrogen-bond donors (Lipinski definition) is 1. The van der Waals surface area contributed by atoms with E-state index in [9.17, 15) is 0 Å². The quantitative estimate of drug-likeness (QED) is 0.537. The maximum atomic E-state index is 5.46. The van der Waals surface area contributed by atoms with E-state index in [4.69, 9.17) is 4.74 Å². The molecule has 4 aromatic rings. The highest BCUT2D eigenvalue weighted by atomic mass is 16.5. The van der Waals surface area contributed by atoms with E-state index in [0.29, 0.717) is 6.04 Å². The van der Waals surface area contributed by atoms with Gasteiger partial charge in [-0.05, 0) is 42.7 Å². The van der Waals surface area contributed by atoms with E-state index in [1.807, 2.05) is 36.7 Å². The van der Waals surface area contributed by atoms with Gasteiger partial charge in [0.2, 0.25) is 0 Å². The Bertz CT molecular complexity index is 1080. The summed E-state index contributed by atoms with van der Waals surface area (Å²) in [5, 5.41) is 9.19. The summed E-state index contributed by atoms with van der Waals surface area (Å²) in [6, 6.07) is 19.1. The average molecular weight is 370 g/mol. The fourth-order valence-electron chi connectivity index (χ4n) is 3.75. The van der Waals surface area contributed by atoms with Crippen molar-refractivity contribution in [3.63, 3.8) is 0 Å². The average Bonchev–Trinajstić information content (AvgIpc) is 3.25. The topological polar surface area (TPSA) is 52.0 Å². The minimum Gasteiger partial charge on any atom is -0.381 e. The standard InChI is InChI=1S/C23H22N4O/c1-2-4-19(5-3-1)26-22-8-11-24-23-14-17(6-7-21(22)23)18-15-25-27(16-18)20-9-12-28-13-10-20/h1-8,11,14-16,20H,9-10,12-13H2,(H,24,26). The van der Waals surface area contributed by atoms with Gasteiger partial charge in [-0.25, -0.2) is 0 Å². The van der Waals surface area contributed by atoms with Crippen molar-refractivity contribution in [1.29, 1.82) is 0 Å². The number of aromatic nitrogens is 3. The van der Waals surface area contributed by atoms with Crippen LogP contribution in [0.5, 0.6) is 0 Å². The molecule has 0 spiro atoms. The lowest BCUT2D eigenvalue weighted by Crippen LogP contribution is -2.19. The van der Waals surface area contributed by atoms with E-state index in [1.54, 1.807) is 0 Å². The maximum absolute atomic E-state index is 5.46. The van der Waals surface area contributed by atoms with Crippen molar-refractivity contribution >= 4 is 22.3 Å². The Kier molecular flexibility index (Phi) is 4.51. The van der Waals surface area contributed by atoms with Crippen molar-refractivity contribution < 1.29 is 4.74 Å². The van der Waals surface area contributed by atoms with Crippen LogP contribution in [0.4, 0.5) is 11.4 Å². The van der Waals surface area contributed by atoms with Crippen molar-refractivity contribution in [3.05, 3.63) is 73.2 Å². The molecule has 1 saturated heterocycles. The van der Waals surface area contributed by atoms with Crippen LogP contribution in [0.2, 0.25) is 0 Å². The van der Waals surface area contributed by atoms with Crippen molar-refractivity contribution in [3.8, 4) is 11.1 Å². The molecular formula is C23H22N4O. The highest BCUT2D eigenvalue weighted by Crippen LogP contribution is 2.30. The first kappa shape index (κ1) is 17.0. The van der Waals surface area contributed by atoms with Crippen LogP contribution in [-0.2, 0) is 4.74 Å². The monoisotopic (exact) mass is 370 g/mol. The number of para-hydroxylation sites is 1. The summed E-state index contributed by atoms with van der Waals surface area (Å²) in [7, 11) is 0. The lowest BCUT2D eigenvalue weighted by Gasteiger charge is -2.22. The Morgan fingerprint density at radius 2 is 1.82 bits per heavy atom. The molecule has 3 heterocycles. The minimum absolute atomic E-state index is 0.433. The molecule has 5 heteroatoms. The molecule has 1 aliphatic rings. The predicted molar refractivity (Wildman–Crippen MR) is 112 cm³/mol. The van der Waals surface area contributed by atoms with Gasteiger partial charge in [-0.3, -0.25) is 9.67 Å². The number of nitrogens with one attached hydrogen (secondary N) is 1. The Morgan fingerprint density at radius 3 is 2.68 bits per heavy atom. The van der Waals surface area contributed by atoms with Gasteiger partial charge in [-0.15, -0.1) is 0 Å². The van der Waals surface area contributed by atoms with Gasteiger partial charge in [0.1, 0.15) is 0 Å². The Morgan fingerprint density at radius 1 is 0.964 bits per heavy atom. The molecule has 1 aliphatic heterocycles.